The van der Waals surface area contributed by atoms with Crippen LogP contribution >= 0.6 is 0 Å². The predicted octanol–water partition coefficient (Wildman–Crippen LogP) is -1.85. The molecule has 0 spiro atoms. The van der Waals surface area contributed by atoms with Crippen LogP contribution in [0.25, 0.3) is 0 Å². The number of amidine groups is 1. The molecular formula is C12H16N6O4. The highest BCUT2D eigenvalue weighted by molar-refractivity contribution is 6.30. The molecule has 0 bridgehead atoms. The topological polar surface area (TPSA) is 178 Å². The molecule has 1 aliphatic heterocycles. The summed E-state index contributed by atoms with van der Waals surface area (Å²) >= 11 is 0. The van der Waals surface area contributed by atoms with E-state index in [0.717, 1.165) is 0 Å². The lowest BCUT2D eigenvalue weighted by Gasteiger charge is -2.26. The van der Waals surface area contributed by atoms with Crippen LogP contribution < -0.4 is 10.8 Å². The molecule has 0 aromatic heterocycles. The second kappa shape index (κ2) is 6.51. The number of aliphatic imine (C=N–C) groups is 1. The summed E-state index contributed by atoms with van der Waals surface area (Å²) in [6, 6.07) is 1.84. The summed E-state index contributed by atoms with van der Waals surface area (Å²) in [4.78, 5) is 3.84. The van der Waals surface area contributed by atoms with Gasteiger partial charge in [0, 0.05) is 0 Å². The van der Waals surface area contributed by atoms with E-state index >= 15 is 0 Å². The molecule has 0 aliphatic carbocycles. The Kier molecular flexibility index (Phi) is 5.19. The fourth-order valence-electron chi connectivity index (χ4n) is 1.93. The predicted molar refractivity (Wildman–Crippen MR) is 75.3 cm³/mol. The number of guanidine groups is 1. The molecule has 0 aromatic carbocycles. The molecule has 0 radical (unpaired) electrons. The summed E-state index contributed by atoms with van der Waals surface area (Å²) in [6.07, 6.45) is 3.06. The molecule has 4 atom stereocenters. The fraction of sp³-hybridized carbons (Fsp3) is 0.500. The molecule has 7 N–H and O–H groups in total. The Bertz CT molecular complexity index is 579. The second-order valence-corrected chi connectivity index (χ2v) is 4.73. The molecule has 1 fully saturated rings. The van der Waals surface area contributed by atoms with Crippen LogP contribution in [-0.2, 0) is 4.74 Å². The van der Waals surface area contributed by atoms with Crippen LogP contribution in [0.5, 0.6) is 0 Å². The third kappa shape index (κ3) is 2.77. The lowest BCUT2D eigenvalue weighted by atomic mass is 9.79. The Labute approximate surface area is 126 Å². The molecule has 0 saturated carbocycles. The Hall–Kier alpha value is -2.50. The highest BCUT2D eigenvalue weighted by Crippen LogP contribution is 2.44. The van der Waals surface area contributed by atoms with E-state index in [9.17, 15) is 15.5 Å². The monoisotopic (exact) mass is 308 g/mol. The number of ether oxygens (including phenoxy) is 1. The summed E-state index contributed by atoms with van der Waals surface area (Å²) in [5, 5.41) is 54.3. The molecule has 1 rings (SSSR count). The van der Waals surface area contributed by atoms with E-state index in [4.69, 9.17) is 27.2 Å². The number of rotatable bonds is 3. The maximum atomic E-state index is 10.2. The number of hydrogen-bond acceptors (Lipinski definition) is 8. The highest BCUT2D eigenvalue weighted by Gasteiger charge is 2.61. The van der Waals surface area contributed by atoms with Crippen molar-refractivity contribution in [2.45, 2.75) is 24.9 Å². The van der Waals surface area contributed by atoms with Gasteiger partial charge in [-0.3, -0.25) is 10.6 Å². The number of aliphatic hydroxyl groups is 2. The molecule has 22 heavy (non-hydrogen) atoms. The quantitative estimate of drug-likeness (QED) is 0.138. The first-order valence-electron chi connectivity index (χ1n) is 6.03. The van der Waals surface area contributed by atoms with Gasteiger partial charge >= 0.3 is 0 Å². The first-order chi connectivity index (χ1) is 10.3. The normalized spacial score (nSPS) is 34.4. The van der Waals surface area contributed by atoms with Crippen LogP contribution in [0.2, 0.25) is 0 Å². The van der Waals surface area contributed by atoms with E-state index in [1.807, 2.05) is 6.07 Å². The summed E-state index contributed by atoms with van der Waals surface area (Å²) in [5.74, 6) is 1.32. The van der Waals surface area contributed by atoms with Crippen molar-refractivity contribution in [2.24, 2.45) is 10.4 Å². The molecule has 1 heterocycles. The van der Waals surface area contributed by atoms with Crippen LogP contribution in [0, 0.1) is 39.9 Å². The van der Waals surface area contributed by atoms with Crippen molar-refractivity contribution in [3.63, 3.8) is 0 Å². The lowest BCUT2D eigenvalue weighted by molar-refractivity contribution is -0.0693. The van der Waals surface area contributed by atoms with E-state index in [2.05, 4.69) is 16.2 Å². The summed E-state index contributed by atoms with van der Waals surface area (Å²) in [6.45, 7) is 0.594. The largest absolute Gasteiger partial charge is 0.392 e. The van der Waals surface area contributed by atoms with Gasteiger partial charge in [0.05, 0.1) is 18.9 Å². The zero-order valence-corrected chi connectivity index (χ0v) is 11.7. The number of hydroxylamine groups is 1. The minimum atomic E-state index is -1.81. The molecule has 118 valence electrons. The van der Waals surface area contributed by atoms with Gasteiger partial charge in [-0.15, -0.1) is 6.42 Å². The van der Waals surface area contributed by atoms with Crippen molar-refractivity contribution in [3.05, 3.63) is 0 Å². The van der Waals surface area contributed by atoms with Gasteiger partial charge in [-0.2, -0.15) is 5.26 Å². The van der Waals surface area contributed by atoms with Crippen molar-refractivity contribution >= 4 is 18.0 Å². The zero-order valence-electron chi connectivity index (χ0n) is 11.7. The van der Waals surface area contributed by atoms with Crippen LogP contribution in [0.4, 0.5) is 0 Å². The summed E-state index contributed by atoms with van der Waals surface area (Å²) < 4.78 is 5.35. The number of nitriles is 1. The van der Waals surface area contributed by atoms with Gasteiger partial charge in [-0.05, 0) is 6.92 Å². The van der Waals surface area contributed by atoms with Crippen LogP contribution in [0.15, 0.2) is 4.99 Å². The van der Waals surface area contributed by atoms with Crippen molar-refractivity contribution in [1.82, 2.24) is 10.8 Å². The van der Waals surface area contributed by atoms with Crippen molar-refractivity contribution < 1.29 is 20.2 Å². The van der Waals surface area contributed by atoms with E-state index in [1.54, 1.807) is 5.48 Å². The maximum Gasteiger partial charge on any atom is 0.223 e. The van der Waals surface area contributed by atoms with E-state index < -0.39 is 41.7 Å². The third-order valence-electron chi connectivity index (χ3n) is 3.31. The van der Waals surface area contributed by atoms with Crippen molar-refractivity contribution in [3.8, 4) is 18.4 Å². The smallest absolute Gasteiger partial charge is 0.223 e. The van der Waals surface area contributed by atoms with Gasteiger partial charge in [0.25, 0.3) is 0 Å². The average Bonchev–Trinajstić information content (AvgIpc) is 2.76. The van der Waals surface area contributed by atoms with Crippen LogP contribution in [-0.4, -0.2) is 58.0 Å². The Balaban J connectivity index is 3.23. The van der Waals surface area contributed by atoms with E-state index in [-0.39, 0.29) is 0 Å². The van der Waals surface area contributed by atoms with Gasteiger partial charge in [0.15, 0.2) is 11.8 Å². The molecule has 1 saturated heterocycles. The average molecular weight is 308 g/mol. The number of nitrogens with zero attached hydrogens (tertiary/aromatic N) is 2. The Morgan fingerprint density at radius 1 is 1.64 bits per heavy atom. The SMILES string of the molecule is C#C[C@]1(CO)O[C@@H](N=C(NO)NC(=N)C=N)[C@](C)(C#N)[C@@H]1O. The number of terminal acetylenes is 1. The Morgan fingerprint density at radius 2 is 2.27 bits per heavy atom. The van der Waals surface area contributed by atoms with Gasteiger partial charge in [0.2, 0.25) is 5.96 Å². The Morgan fingerprint density at radius 3 is 2.68 bits per heavy atom. The number of nitrogens with one attached hydrogen (secondary N) is 4. The summed E-state index contributed by atoms with van der Waals surface area (Å²) in [5.41, 5.74) is -1.77. The zero-order chi connectivity index (χ0) is 17.0. The van der Waals surface area contributed by atoms with Crippen LogP contribution in [0.1, 0.15) is 6.92 Å². The molecule has 1 aliphatic rings. The van der Waals surface area contributed by atoms with Gasteiger partial charge in [-0.25, -0.2) is 10.5 Å². The van der Waals surface area contributed by atoms with Gasteiger partial charge in [-0.1, -0.05) is 5.92 Å². The number of aliphatic hydroxyl groups excluding tert-OH is 2. The number of hydrogen-bond donors (Lipinski definition) is 7. The second-order valence-electron chi connectivity index (χ2n) is 4.73. The van der Waals surface area contributed by atoms with E-state index in [0.29, 0.717) is 6.21 Å². The third-order valence-corrected chi connectivity index (χ3v) is 3.31. The molecular weight excluding hydrogens is 292 g/mol. The fourth-order valence-corrected chi connectivity index (χ4v) is 1.93. The van der Waals surface area contributed by atoms with Gasteiger partial charge < -0.3 is 25.7 Å². The molecule has 10 heteroatoms. The minimum absolute atomic E-state index is 0.391. The lowest BCUT2D eigenvalue weighted by Crippen LogP contribution is -2.46. The molecule has 0 aromatic rings. The van der Waals surface area contributed by atoms with Gasteiger partial charge in [0.1, 0.15) is 17.4 Å². The standard InChI is InChI=1S/C12H16N6O4/c1-3-12(6-19)8(20)11(2,5-14)9(22-12)17-10(18-21)16-7(15)4-13/h1,4,8-9,13,19-21H,6H2,2H3,(H3,15,16,17,18)/t8-,9+,11+,12+/m0/s1. The maximum absolute atomic E-state index is 10.2. The first kappa shape index (κ1) is 17.6. The van der Waals surface area contributed by atoms with Crippen LogP contribution in [0.3, 0.4) is 0 Å². The van der Waals surface area contributed by atoms with E-state index in [1.165, 1.54) is 6.92 Å². The highest BCUT2D eigenvalue weighted by atomic mass is 16.6. The first-order valence-corrected chi connectivity index (χ1v) is 6.03. The molecule has 10 nitrogen and oxygen atoms in total. The summed E-state index contributed by atoms with van der Waals surface area (Å²) in [7, 11) is 0. The molecule has 0 amide bonds. The minimum Gasteiger partial charge on any atom is -0.392 e. The molecule has 0 unspecified atom stereocenters. The van der Waals surface area contributed by atoms with Crippen molar-refractivity contribution in [1.29, 1.82) is 16.1 Å². The van der Waals surface area contributed by atoms with Crippen molar-refractivity contribution in [2.75, 3.05) is 6.61 Å².